The van der Waals surface area contributed by atoms with Crippen molar-refractivity contribution in [3.05, 3.63) is 70.2 Å². The zero-order valence-corrected chi connectivity index (χ0v) is 14.3. The number of benzene rings is 2. The van der Waals surface area contributed by atoms with E-state index in [1.54, 1.807) is 12.1 Å². The van der Waals surface area contributed by atoms with Crippen LogP contribution in [0.2, 0.25) is 0 Å². The highest BCUT2D eigenvalue weighted by Gasteiger charge is 2.26. The molecule has 4 N–H and O–H groups in total. The van der Waals surface area contributed by atoms with Gasteiger partial charge in [-0.1, -0.05) is 40.2 Å². The van der Waals surface area contributed by atoms with E-state index >= 15 is 0 Å². The van der Waals surface area contributed by atoms with Crippen LogP contribution in [0.4, 0.5) is 0 Å². The van der Waals surface area contributed by atoms with Gasteiger partial charge in [-0.15, -0.1) is 0 Å². The molecule has 8 heteroatoms. The summed E-state index contributed by atoms with van der Waals surface area (Å²) in [5, 5.41) is 19.6. The van der Waals surface area contributed by atoms with Gasteiger partial charge in [-0.3, -0.25) is 14.4 Å². The molecule has 128 valence electrons. The largest absolute Gasteiger partial charge is 0.507 e. The fraction of sp³-hybridized carbons (Fsp3) is 0. The Balaban J connectivity index is 2.17. The molecule has 7 nitrogen and oxygen atoms in total. The number of halogens is 1. The van der Waals surface area contributed by atoms with E-state index in [1.807, 2.05) is 0 Å². The Hall–Kier alpha value is -2.97. The lowest BCUT2D eigenvalue weighted by molar-refractivity contribution is -0.140. The van der Waals surface area contributed by atoms with Crippen molar-refractivity contribution in [1.29, 1.82) is 0 Å². The van der Waals surface area contributed by atoms with Gasteiger partial charge in [0.2, 0.25) is 5.78 Å². The molecule has 2 rings (SSSR count). The van der Waals surface area contributed by atoms with E-state index < -0.39 is 23.4 Å². The number of nitrogens with zero attached hydrogens (tertiary/aromatic N) is 1. The molecule has 0 bridgehead atoms. The number of imide groups is 1. The van der Waals surface area contributed by atoms with Gasteiger partial charge in [0, 0.05) is 16.1 Å². The molecule has 0 saturated carbocycles. The van der Waals surface area contributed by atoms with Gasteiger partial charge in [-0.05, 0) is 24.3 Å². The number of phenols is 1. The number of hydrogen-bond acceptors (Lipinski definition) is 6. The SMILES string of the molecule is NN(C(=O)C(=O)/C=C(\O)c1ccc(Br)cc1)C(=O)c1ccccc1O. The molecular weight excluding hydrogens is 392 g/mol. The van der Waals surface area contributed by atoms with Crippen LogP contribution in [0.1, 0.15) is 15.9 Å². The number of para-hydroxylation sites is 1. The molecular formula is C17H13BrN2O5. The first-order valence-corrected chi connectivity index (χ1v) is 7.72. The van der Waals surface area contributed by atoms with Gasteiger partial charge >= 0.3 is 5.91 Å². The quantitative estimate of drug-likeness (QED) is 0.179. The lowest BCUT2D eigenvalue weighted by atomic mass is 10.1. The minimum atomic E-state index is -1.35. The van der Waals surface area contributed by atoms with E-state index in [9.17, 15) is 24.6 Å². The topological polar surface area (TPSA) is 121 Å². The third kappa shape index (κ3) is 4.31. The van der Waals surface area contributed by atoms with Gasteiger partial charge in [0.1, 0.15) is 11.5 Å². The van der Waals surface area contributed by atoms with Gasteiger partial charge in [0.05, 0.1) is 5.56 Å². The number of nitrogens with two attached hydrogens (primary N) is 1. The highest BCUT2D eigenvalue weighted by Crippen LogP contribution is 2.18. The van der Waals surface area contributed by atoms with E-state index in [-0.39, 0.29) is 16.3 Å². The van der Waals surface area contributed by atoms with Crippen LogP contribution in [0.15, 0.2) is 59.1 Å². The second-order valence-corrected chi connectivity index (χ2v) is 5.81. The lowest BCUT2D eigenvalue weighted by Crippen LogP contribution is -2.45. The molecule has 0 unspecified atom stereocenters. The van der Waals surface area contributed by atoms with Crippen LogP contribution < -0.4 is 5.84 Å². The van der Waals surface area contributed by atoms with E-state index in [1.165, 1.54) is 36.4 Å². The van der Waals surface area contributed by atoms with Crippen LogP contribution in [-0.4, -0.2) is 32.8 Å². The van der Waals surface area contributed by atoms with Crippen molar-refractivity contribution in [3.63, 3.8) is 0 Å². The van der Waals surface area contributed by atoms with Crippen molar-refractivity contribution >= 4 is 39.3 Å². The smallest absolute Gasteiger partial charge is 0.315 e. The molecule has 0 aliphatic carbocycles. The molecule has 0 saturated heterocycles. The molecule has 0 aliphatic heterocycles. The number of carbonyl (C=O) groups is 3. The zero-order chi connectivity index (χ0) is 18.6. The fourth-order valence-electron chi connectivity index (χ4n) is 1.89. The van der Waals surface area contributed by atoms with Crippen LogP contribution in [0.5, 0.6) is 5.75 Å². The summed E-state index contributed by atoms with van der Waals surface area (Å²) in [6.07, 6.45) is 0.670. The molecule has 2 amide bonds. The van der Waals surface area contributed by atoms with Crippen molar-refractivity contribution in [2.75, 3.05) is 0 Å². The number of hydrazine groups is 1. The maximum atomic E-state index is 12.1. The Morgan fingerprint density at radius 2 is 1.64 bits per heavy atom. The molecule has 2 aromatic rings. The van der Waals surface area contributed by atoms with Crippen LogP contribution >= 0.6 is 15.9 Å². The molecule has 0 aromatic heterocycles. The summed E-state index contributed by atoms with van der Waals surface area (Å²) in [5.74, 6) is 0.968. The first-order chi connectivity index (χ1) is 11.8. The molecule has 0 fully saturated rings. The molecule has 0 heterocycles. The van der Waals surface area contributed by atoms with E-state index in [4.69, 9.17) is 5.84 Å². The minimum absolute atomic E-state index is 0.0861. The Morgan fingerprint density at radius 3 is 2.24 bits per heavy atom. The number of ketones is 1. The summed E-state index contributed by atoms with van der Waals surface area (Å²) in [6, 6.07) is 11.8. The summed E-state index contributed by atoms with van der Waals surface area (Å²) >= 11 is 3.23. The number of aliphatic hydroxyl groups excluding tert-OH is 1. The molecule has 0 spiro atoms. The predicted molar refractivity (Wildman–Crippen MR) is 93.2 cm³/mol. The van der Waals surface area contributed by atoms with Crippen LogP contribution in [0, 0.1) is 0 Å². The molecule has 0 radical (unpaired) electrons. The van der Waals surface area contributed by atoms with Gasteiger partial charge in [0.25, 0.3) is 5.91 Å². The highest BCUT2D eigenvalue weighted by molar-refractivity contribution is 9.10. The van der Waals surface area contributed by atoms with E-state index in [0.717, 1.165) is 4.47 Å². The average molecular weight is 405 g/mol. The lowest BCUT2D eigenvalue weighted by Gasteiger charge is -2.13. The van der Waals surface area contributed by atoms with Crippen molar-refractivity contribution < 1.29 is 24.6 Å². The number of amides is 2. The van der Waals surface area contributed by atoms with Crippen LogP contribution in [-0.2, 0) is 9.59 Å². The summed E-state index contributed by atoms with van der Waals surface area (Å²) in [5.41, 5.74) is 0.0761. The van der Waals surface area contributed by atoms with Crippen LogP contribution in [0.25, 0.3) is 5.76 Å². The van der Waals surface area contributed by atoms with Crippen molar-refractivity contribution in [1.82, 2.24) is 5.01 Å². The summed E-state index contributed by atoms with van der Waals surface area (Å²) in [6.45, 7) is 0. The fourth-order valence-corrected chi connectivity index (χ4v) is 2.15. The normalized spacial score (nSPS) is 11.0. The molecule has 0 atom stereocenters. The Kier molecular flexibility index (Phi) is 5.68. The summed E-state index contributed by atoms with van der Waals surface area (Å²) in [7, 11) is 0. The van der Waals surface area contributed by atoms with Gasteiger partial charge < -0.3 is 10.2 Å². The van der Waals surface area contributed by atoms with Gasteiger partial charge in [-0.25, -0.2) is 10.9 Å². The second-order valence-electron chi connectivity index (χ2n) is 4.90. The molecule has 25 heavy (non-hydrogen) atoms. The maximum absolute atomic E-state index is 12.1. The van der Waals surface area contributed by atoms with Gasteiger partial charge in [0.15, 0.2) is 0 Å². The van der Waals surface area contributed by atoms with Crippen molar-refractivity contribution in [3.8, 4) is 5.75 Å². The minimum Gasteiger partial charge on any atom is -0.507 e. The predicted octanol–water partition coefficient (Wildman–Crippen LogP) is 2.17. The van der Waals surface area contributed by atoms with Crippen molar-refractivity contribution in [2.24, 2.45) is 5.84 Å². The average Bonchev–Trinajstić information content (AvgIpc) is 2.60. The molecule has 2 aromatic carbocycles. The maximum Gasteiger partial charge on any atom is 0.315 e. The second kappa shape index (κ2) is 7.73. The standard InChI is InChI=1S/C17H13BrN2O5/c18-11-7-5-10(6-8-11)14(22)9-15(23)17(25)20(19)16(24)12-3-1-2-4-13(12)21/h1-9,21-22H,19H2/b14-9-. The third-order valence-electron chi connectivity index (χ3n) is 3.19. The van der Waals surface area contributed by atoms with Gasteiger partial charge in [-0.2, -0.15) is 0 Å². The molecule has 0 aliphatic rings. The number of aliphatic hydroxyl groups is 1. The number of phenolic OH excluding ortho intramolecular Hbond substituents is 1. The number of aromatic hydroxyl groups is 1. The highest BCUT2D eigenvalue weighted by atomic mass is 79.9. The first kappa shape index (κ1) is 18.4. The summed E-state index contributed by atoms with van der Waals surface area (Å²) < 4.78 is 0.771. The van der Waals surface area contributed by atoms with Crippen LogP contribution in [0.3, 0.4) is 0 Å². The number of hydrogen-bond donors (Lipinski definition) is 3. The Bertz CT molecular complexity index is 862. The van der Waals surface area contributed by atoms with Crippen molar-refractivity contribution in [2.45, 2.75) is 0 Å². The zero-order valence-electron chi connectivity index (χ0n) is 12.7. The monoisotopic (exact) mass is 404 g/mol. The van der Waals surface area contributed by atoms with E-state index in [2.05, 4.69) is 15.9 Å². The number of rotatable bonds is 4. The Morgan fingerprint density at radius 1 is 1.04 bits per heavy atom. The Labute approximate surface area is 151 Å². The number of carbonyl (C=O) groups excluding carboxylic acids is 3. The summed E-state index contributed by atoms with van der Waals surface area (Å²) in [4.78, 5) is 36.0. The first-order valence-electron chi connectivity index (χ1n) is 6.93. The van der Waals surface area contributed by atoms with E-state index in [0.29, 0.717) is 11.6 Å². The third-order valence-corrected chi connectivity index (χ3v) is 3.72.